The van der Waals surface area contributed by atoms with Crippen LogP contribution < -0.4 is 0 Å². The van der Waals surface area contributed by atoms with Gasteiger partial charge in [0.2, 0.25) is 0 Å². The number of nitrogens with zero attached hydrogens (tertiary/aromatic N) is 3. The highest BCUT2D eigenvalue weighted by atomic mass is 15.1. The van der Waals surface area contributed by atoms with Crippen LogP contribution in [0.15, 0.2) is 60.9 Å². The first-order valence-corrected chi connectivity index (χ1v) is 6.62. The van der Waals surface area contributed by atoms with Gasteiger partial charge in [0.1, 0.15) is 11.3 Å². The van der Waals surface area contributed by atoms with Gasteiger partial charge in [-0.25, -0.2) is 9.97 Å². The van der Waals surface area contributed by atoms with E-state index in [1.54, 1.807) is 0 Å². The fraction of sp³-hybridized carbons (Fsp3) is 0.0588. The van der Waals surface area contributed by atoms with E-state index in [9.17, 15) is 0 Å². The standard InChI is InChI=1S/C17H13N3/c1-12-6-8-13(9-7-12)20-16-14(4-2-10-18-16)15-5-3-11-19-17(15)20/h2-11H,1H3. The molecule has 4 rings (SSSR count). The minimum Gasteiger partial charge on any atom is -0.278 e. The Kier molecular flexibility index (Phi) is 2.33. The Balaban J connectivity index is 2.17. The van der Waals surface area contributed by atoms with Gasteiger partial charge in [-0.05, 0) is 43.3 Å². The van der Waals surface area contributed by atoms with Gasteiger partial charge in [0.15, 0.2) is 0 Å². The topological polar surface area (TPSA) is 30.7 Å². The van der Waals surface area contributed by atoms with Crippen molar-refractivity contribution in [3.8, 4) is 5.69 Å². The average molecular weight is 259 g/mol. The Morgan fingerprint density at radius 3 is 1.85 bits per heavy atom. The fourth-order valence-corrected chi connectivity index (χ4v) is 2.61. The van der Waals surface area contributed by atoms with Gasteiger partial charge in [0, 0.05) is 28.9 Å². The molecule has 0 unspecified atom stereocenters. The summed E-state index contributed by atoms with van der Waals surface area (Å²) in [5.74, 6) is 0. The first kappa shape index (κ1) is 11.2. The van der Waals surface area contributed by atoms with Crippen molar-refractivity contribution in [3.63, 3.8) is 0 Å². The van der Waals surface area contributed by atoms with Crippen LogP contribution in [-0.2, 0) is 0 Å². The second-order valence-electron chi connectivity index (χ2n) is 4.92. The summed E-state index contributed by atoms with van der Waals surface area (Å²) in [5, 5.41) is 2.27. The molecule has 0 radical (unpaired) electrons. The molecule has 96 valence electrons. The summed E-state index contributed by atoms with van der Waals surface area (Å²) in [7, 11) is 0. The molecule has 0 N–H and O–H groups in total. The van der Waals surface area contributed by atoms with E-state index in [4.69, 9.17) is 0 Å². The SMILES string of the molecule is Cc1ccc(-n2c3ncccc3c3cccnc32)cc1. The van der Waals surface area contributed by atoms with Crippen LogP contribution in [0.25, 0.3) is 27.8 Å². The molecule has 0 atom stereocenters. The van der Waals surface area contributed by atoms with E-state index in [1.165, 1.54) is 5.56 Å². The van der Waals surface area contributed by atoms with Crippen molar-refractivity contribution in [2.24, 2.45) is 0 Å². The Labute approximate surface area is 116 Å². The largest absolute Gasteiger partial charge is 0.278 e. The quantitative estimate of drug-likeness (QED) is 0.519. The minimum atomic E-state index is 0.949. The lowest BCUT2D eigenvalue weighted by molar-refractivity contribution is 1.10. The zero-order valence-corrected chi connectivity index (χ0v) is 11.1. The van der Waals surface area contributed by atoms with E-state index in [-0.39, 0.29) is 0 Å². The van der Waals surface area contributed by atoms with Crippen molar-refractivity contribution >= 4 is 22.1 Å². The van der Waals surface area contributed by atoms with E-state index < -0.39 is 0 Å². The molecule has 4 aromatic rings. The van der Waals surface area contributed by atoms with Crippen molar-refractivity contribution in [3.05, 3.63) is 66.5 Å². The lowest BCUT2D eigenvalue weighted by Crippen LogP contribution is -1.96. The second-order valence-corrected chi connectivity index (χ2v) is 4.92. The molecule has 0 aliphatic carbocycles. The van der Waals surface area contributed by atoms with Gasteiger partial charge in [0.05, 0.1) is 0 Å². The van der Waals surface area contributed by atoms with Gasteiger partial charge in [-0.15, -0.1) is 0 Å². The van der Waals surface area contributed by atoms with Crippen LogP contribution in [0.5, 0.6) is 0 Å². The van der Waals surface area contributed by atoms with Crippen LogP contribution in [0.3, 0.4) is 0 Å². The third-order valence-corrected chi connectivity index (χ3v) is 3.58. The Bertz CT molecular complexity index is 851. The summed E-state index contributed by atoms with van der Waals surface area (Å²) < 4.78 is 2.12. The van der Waals surface area contributed by atoms with Crippen molar-refractivity contribution in [1.29, 1.82) is 0 Å². The van der Waals surface area contributed by atoms with Crippen molar-refractivity contribution < 1.29 is 0 Å². The van der Waals surface area contributed by atoms with E-state index in [1.807, 2.05) is 24.5 Å². The number of fused-ring (bicyclic) bond motifs is 3. The number of rotatable bonds is 1. The molecule has 0 saturated carbocycles. The maximum absolute atomic E-state index is 4.54. The molecule has 0 saturated heterocycles. The van der Waals surface area contributed by atoms with E-state index >= 15 is 0 Å². The predicted molar refractivity (Wildman–Crippen MR) is 81.1 cm³/mol. The smallest absolute Gasteiger partial charge is 0.146 e. The number of hydrogen-bond acceptors (Lipinski definition) is 2. The third kappa shape index (κ3) is 1.53. The lowest BCUT2D eigenvalue weighted by Gasteiger charge is -2.06. The minimum absolute atomic E-state index is 0.949. The van der Waals surface area contributed by atoms with Crippen molar-refractivity contribution in [2.75, 3.05) is 0 Å². The summed E-state index contributed by atoms with van der Waals surface area (Å²) in [6.45, 7) is 2.09. The summed E-state index contributed by atoms with van der Waals surface area (Å²) in [6, 6.07) is 16.6. The molecule has 0 fully saturated rings. The number of hydrogen-bond donors (Lipinski definition) is 0. The highest BCUT2D eigenvalue weighted by Crippen LogP contribution is 2.28. The van der Waals surface area contributed by atoms with Gasteiger partial charge in [-0.1, -0.05) is 17.7 Å². The molecular weight excluding hydrogens is 246 g/mol. The number of pyridine rings is 2. The predicted octanol–water partition coefficient (Wildman–Crippen LogP) is 3.88. The molecular formula is C17H13N3. The molecule has 0 spiro atoms. The number of aryl methyl sites for hydroxylation is 1. The first-order chi connectivity index (χ1) is 9.84. The zero-order chi connectivity index (χ0) is 13.5. The first-order valence-electron chi connectivity index (χ1n) is 6.62. The van der Waals surface area contributed by atoms with Crippen LogP contribution in [0.2, 0.25) is 0 Å². The molecule has 0 aliphatic rings. The van der Waals surface area contributed by atoms with Gasteiger partial charge in [-0.2, -0.15) is 0 Å². The number of aromatic nitrogens is 3. The van der Waals surface area contributed by atoms with E-state index in [0.29, 0.717) is 0 Å². The van der Waals surface area contributed by atoms with Crippen LogP contribution >= 0.6 is 0 Å². The van der Waals surface area contributed by atoms with E-state index in [2.05, 4.69) is 57.9 Å². The van der Waals surface area contributed by atoms with Crippen molar-refractivity contribution in [2.45, 2.75) is 6.92 Å². The molecule has 0 amide bonds. The zero-order valence-electron chi connectivity index (χ0n) is 11.1. The number of benzene rings is 1. The van der Waals surface area contributed by atoms with Crippen LogP contribution in [0.4, 0.5) is 0 Å². The molecule has 1 aromatic carbocycles. The molecule has 0 aliphatic heterocycles. The monoisotopic (exact) mass is 259 g/mol. The van der Waals surface area contributed by atoms with Gasteiger partial charge in [0.25, 0.3) is 0 Å². The molecule has 3 nitrogen and oxygen atoms in total. The highest BCUT2D eigenvalue weighted by molar-refractivity contribution is 6.06. The molecule has 20 heavy (non-hydrogen) atoms. The van der Waals surface area contributed by atoms with Gasteiger partial charge in [-0.3, -0.25) is 4.57 Å². The van der Waals surface area contributed by atoms with Crippen molar-refractivity contribution in [1.82, 2.24) is 14.5 Å². The maximum atomic E-state index is 4.54. The van der Waals surface area contributed by atoms with Crippen LogP contribution in [-0.4, -0.2) is 14.5 Å². The summed E-state index contributed by atoms with van der Waals surface area (Å²) >= 11 is 0. The second kappa shape index (κ2) is 4.17. The van der Waals surface area contributed by atoms with Gasteiger partial charge < -0.3 is 0 Å². The Morgan fingerprint density at radius 2 is 1.30 bits per heavy atom. The van der Waals surface area contributed by atoms with Crippen LogP contribution in [0.1, 0.15) is 5.56 Å². The fourth-order valence-electron chi connectivity index (χ4n) is 2.61. The van der Waals surface area contributed by atoms with E-state index in [0.717, 1.165) is 27.8 Å². The summed E-state index contributed by atoms with van der Waals surface area (Å²) in [5.41, 5.74) is 4.23. The maximum Gasteiger partial charge on any atom is 0.146 e. The normalized spacial score (nSPS) is 11.2. The molecule has 3 heterocycles. The molecule has 3 heteroatoms. The third-order valence-electron chi connectivity index (χ3n) is 3.58. The molecule has 0 bridgehead atoms. The Morgan fingerprint density at radius 1 is 0.750 bits per heavy atom. The summed E-state index contributed by atoms with van der Waals surface area (Å²) in [6.07, 6.45) is 3.65. The highest BCUT2D eigenvalue weighted by Gasteiger charge is 2.12. The average Bonchev–Trinajstić information content (AvgIpc) is 2.83. The summed E-state index contributed by atoms with van der Waals surface area (Å²) in [4.78, 5) is 9.08. The lowest BCUT2D eigenvalue weighted by atomic mass is 10.2. The van der Waals surface area contributed by atoms with Gasteiger partial charge >= 0.3 is 0 Å². The van der Waals surface area contributed by atoms with Crippen LogP contribution in [0, 0.1) is 6.92 Å². The Hall–Kier alpha value is -2.68. The molecule has 3 aromatic heterocycles.